The van der Waals surface area contributed by atoms with Crippen molar-refractivity contribution in [1.29, 1.82) is 0 Å². The van der Waals surface area contributed by atoms with Crippen LogP contribution in [0.4, 0.5) is 5.82 Å². The minimum atomic E-state index is 0.337. The highest BCUT2D eigenvalue weighted by Gasteiger charge is 2.15. The third-order valence-corrected chi connectivity index (χ3v) is 3.74. The van der Waals surface area contributed by atoms with Gasteiger partial charge in [-0.15, -0.1) is 16.2 Å². The zero-order valence-corrected chi connectivity index (χ0v) is 10.9. The molecule has 17 heavy (non-hydrogen) atoms. The molecule has 3 heterocycles. The van der Waals surface area contributed by atoms with Gasteiger partial charge < -0.3 is 0 Å². The normalized spacial score (nSPS) is 10.9. The number of imidazole rings is 1. The topological polar surface area (TPSA) is 46.7 Å². The molecule has 0 radical (unpaired) electrons. The largest absolute Gasteiger partial charge is 0.280 e. The lowest BCUT2D eigenvalue weighted by Crippen LogP contribution is -1.82. The smallest absolute Gasteiger partial charge is 0.210 e. The summed E-state index contributed by atoms with van der Waals surface area (Å²) in [6, 6.07) is 7.58. The van der Waals surface area contributed by atoms with E-state index in [2.05, 4.69) is 26.1 Å². The van der Waals surface area contributed by atoms with Gasteiger partial charge in [-0.2, -0.15) is 0 Å². The first-order valence-corrected chi connectivity index (χ1v) is 6.51. The highest BCUT2D eigenvalue weighted by atomic mass is 79.9. The molecule has 0 unspecified atom stereocenters. The Bertz CT molecular complexity index is 690. The number of aromatic nitrogens is 2. The van der Waals surface area contributed by atoms with Crippen molar-refractivity contribution in [3.8, 4) is 10.6 Å². The summed E-state index contributed by atoms with van der Waals surface area (Å²) in [6.07, 6.45) is 1.79. The molecule has 0 amide bonds. The van der Waals surface area contributed by atoms with Crippen LogP contribution < -0.4 is 0 Å². The Labute approximate surface area is 109 Å². The average Bonchev–Trinajstić information content (AvgIpc) is 2.94. The lowest BCUT2D eigenvalue weighted by molar-refractivity contribution is 1.15. The van der Waals surface area contributed by atoms with Gasteiger partial charge in [0.15, 0.2) is 0 Å². The number of thiophene rings is 1. The van der Waals surface area contributed by atoms with Gasteiger partial charge in [-0.1, -0.05) is 6.07 Å². The van der Waals surface area contributed by atoms with Crippen LogP contribution in [-0.2, 0) is 0 Å². The van der Waals surface area contributed by atoms with Crippen LogP contribution in [0.3, 0.4) is 0 Å². The molecule has 3 aromatic rings. The average molecular weight is 308 g/mol. The summed E-state index contributed by atoms with van der Waals surface area (Å²) in [5, 5.41) is 5.04. The second kappa shape index (κ2) is 4.05. The van der Waals surface area contributed by atoms with E-state index in [1.165, 1.54) is 11.3 Å². The summed E-state index contributed by atoms with van der Waals surface area (Å²) < 4.78 is 2.57. The maximum absolute atomic E-state index is 11.0. The van der Waals surface area contributed by atoms with E-state index >= 15 is 0 Å². The molecule has 0 aliphatic carbocycles. The molecule has 0 fully saturated rings. The molecule has 0 aliphatic rings. The molecule has 3 aromatic heterocycles. The van der Waals surface area contributed by atoms with Crippen molar-refractivity contribution in [2.24, 2.45) is 5.18 Å². The first kappa shape index (κ1) is 10.6. The lowest BCUT2D eigenvalue weighted by atomic mass is 10.3. The van der Waals surface area contributed by atoms with Gasteiger partial charge in [0.05, 0.1) is 4.88 Å². The Morgan fingerprint density at radius 1 is 1.35 bits per heavy atom. The predicted octanol–water partition coefficient (Wildman–Crippen LogP) is 4.22. The van der Waals surface area contributed by atoms with Gasteiger partial charge in [-0.25, -0.2) is 4.98 Å². The van der Waals surface area contributed by atoms with Gasteiger partial charge in [0.25, 0.3) is 0 Å². The molecule has 3 rings (SSSR count). The van der Waals surface area contributed by atoms with Gasteiger partial charge in [0.1, 0.15) is 11.3 Å². The molecule has 0 aliphatic heterocycles. The molecule has 6 heteroatoms. The number of nitroso groups, excluding NO2 is 1. The number of hydrogen-bond donors (Lipinski definition) is 0. The maximum Gasteiger partial charge on any atom is 0.210 e. The van der Waals surface area contributed by atoms with Crippen molar-refractivity contribution in [2.75, 3.05) is 0 Å². The number of rotatable bonds is 2. The van der Waals surface area contributed by atoms with Crippen LogP contribution in [0.2, 0.25) is 0 Å². The lowest BCUT2D eigenvalue weighted by Gasteiger charge is -1.95. The number of pyridine rings is 1. The Balaban J connectivity index is 2.36. The van der Waals surface area contributed by atoms with E-state index in [4.69, 9.17) is 0 Å². The molecule has 0 saturated heterocycles. The molecule has 0 atom stereocenters. The summed E-state index contributed by atoms with van der Waals surface area (Å²) in [5.74, 6) is 0.337. The van der Waals surface area contributed by atoms with E-state index in [0.29, 0.717) is 17.2 Å². The molecule has 4 nitrogen and oxygen atoms in total. The molecular formula is C11H6BrN3OS. The summed E-state index contributed by atoms with van der Waals surface area (Å²) in [7, 11) is 0. The Morgan fingerprint density at radius 2 is 2.24 bits per heavy atom. The van der Waals surface area contributed by atoms with Crippen molar-refractivity contribution in [3.05, 3.63) is 45.2 Å². The highest BCUT2D eigenvalue weighted by molar-refractivity contribution is 9.10. The van der Waals surface area contributed by atoms with E-state index in [0.717, 1.165) is 9.35 Å². The summed E-state index contributed by atoms with van der Waals surface area (Å²) in [5.41, 5.74) is 1.35. The van der Waals surface area contributed by atoms with Crippen molar-refractivity contribution in [2.45, 2.75) is 0 Å². The first-order valence-electron chi connectivity index (χ1n) is 4.84. The van der Waals surface area contributed by atoms with Crippen LogP contribution in [0.15, 0.2) is 45.5 Å². The highest BCUT2D eigenvalue weighted by Crippen LogP contribution is 2.34. The predicted molar refractivity (Wildman–Crippen MR) is 71.7 cm³/mol. The Kier molecular flexibility index (Phi) is 2.53. The number of nitrogens with zero attached hydrogens (tertiary/aromatic N) is 3. The van der Waals surface area contributed by atoms with Crippen LogP contribution in [0.5, 0.6) is 0 Å². The number of halogens is 1. The van der Waals surface area contributed by atoms with E-state index in [1.807, 2.05) is 29.6 Å². The fourth-order valence-corrected chi connectivity index (χ4v) is 2.72. The van der Waals surface area contributed by atoms with Crippen LogP contribution in [0, 0.1) is 4.91 Å². The summed E-state index contributed by atoms with van der Waals surface area (Å²) in [6.45, 7) is 0. The van der Waals surface area contributed by atoms with E-state index in [9.17, 15) is 4.91 Å². The summed E-state index contributed by atoms with van der Waals surface area (Å²) in [4.78, 5) is 16.4. The van der Waals surface area contributed by atoms with Crippen molar-refractivity contribution in [3.63, 3.8) is 0 Å². The molecule has 0 spiro atoms. The Hall–Kier alpha value is -1.53. The Morgan fingerprint density at radius 3 is 2.94 bits per heavy atom. The van der Waals surface area contributed by atoms with Gasteiger partial charge in [0.2, 0.25) is 5.82 Å². The molecule has 0 N–H and O–H groups in total. The molecule has 0 bridgehead atoms. The van der Waals surface area contributed by atoms with Gasteiger partial charge in [0, 0.05) is 10.7 Å². The summed E-state index contributed by atoms with van der Waals surface area (Å²) >= 11 is 4.90. The zero-order valence-electron chi connectivity index (χ0n) is 8.50. The van der Waals surface area contributed by atoms with Crippen LogP contribution >= 0.6 is 27.3 Å². The standard InChI is InChI=1S/C11H6BrN3OS/c12-7-3-4-9-13-10(8-2-1-5-17-8)11(14-16)15(9)6-7/h1-6H. The second-order valence-electron chi connectivity index (χ2n) is 3.43. The van der Waals surface area contributed by atoms with E-state index in [1.54, 1.807) is 10.6 Å². The second-order valence-corrected chi connectivity index (χ2v) is 5.29. The molecule has 84 valence electrons. The van der Waals surface area contributed by atoms with E-state index < -0.39 is 0 Å². The van der Waals surface area contributed by atoms with Crippen LogP contribution in [-0.4, -0.2) is 9.38 Å². The maximum atomic E-state index is 11.0. The number of hydrogen-bond acceptors (Lipinski definition) is 4. The van der Waals surface area contributed by atoms with Gasteiger partial charge in [-0.3, -0.25) is 4.40 Å². The molecule has 0 aromatic carbocycles. The fourth-order valence-electron chi connectivity index (χ4n) is 1.67. The minimum Gasteiger partial charge on any atom is -0.280 e. The number of fused-ring (bicyclic) bond motifs is 1. The van der Waals surface area contributed by atoms with Crippen molar-refractivity contribution >= 4 is 38.7 Å². The van der Waals surface area contributed by atoms with Crippen LogP contribution in [0.25, 0.3) is 16.2 Å². The molecule has 0 saturated carbocycles. The first-order chi connectivity index (χ1) is 8.29. The monoisotopic (exact) mass is 307 g/mol. The zero-order chi connectivity index (χ0) is 11.8. The van der Waals surface area contributed by atoms with Crippen molar-refractivity contribution < 1.29 is 0 Å². The third kappa shape index (κ3) is 1.69. The molecular weight excluding hydrogens is 302 g/mol. The van der Waals surface area contributed by atoms with Crippen molar-refractivity contribution in [1.82, 2.24) is 9.38 Å². The SMILES string of the molecule is O=Nc1c(-c2cccs2)nc2ccc(Br)cn12. The van der Waals surface area contributed by atoms with Gasteiger partial charge in [-0.05, 0) is 44.7 Å². The minimum absolute atomic E-state index is 0.337. The van der Waals surface area contributed by atoms with Gasteiger partial charge >= 0.3 is 0 Å². The quantitative estimate of drug-likeness (QED) is 0.665. The van der Waals surface area contributed by atoms with E-state index in [-0.39, 0.29) is 0 Å². The fraction of sp³-hybridized carbons (Fsp3) is 0. The third-order valence-electron chi connectivity index (χ3n) is 2.40. The van der Waals surface area contributed by atoms with Crippen LogP contribution in [0.1, 0.15) is 0 Å².